The van der Waals surface area contributed by atoms with Gasteiger partial charge in [0.15, 0.2) is 0 Å². The van der Waals surface area contributed by atoms with Crippen LogP contribution in [0.1, 0.15) is 50.7 Å². The zero-order valence-electron chi connectivity index (χ0n) is 11.1. The van der Waals surface area contributed by atoms with Crippen LogP contribution in [0.2, 0.25) is 0 Å². The smallest absolute Gasteiger partial charge is 0.0840 e. The Hall–Kier alpha value is -0.860. The first-order valence-corrected chi connectivity index (χ1v) is 7.11. The second-order valence-electron chi connectivity index (χ2n) is 5.60. The van der Waals surface area contributed by atoms with Gasteiger partial charge in [0.2, 0.25) is 0 Å². The lowest BCUT2D eigenvalue weighted by Crippen LogP contribution is -2.32. The van der Waals surface area contributed by atoms with E-state index in [1.807, 2.05) is 37.3 Å². The maximum atomic E-state index is 10.4. The van der Waals surface area contributed by atoms with E-state index in [1.54, 1.807) is 0 Å². The van der Waals surface area contributed by atoms with Crippen molar-refractivity contribution in [2.75, 3.05) is 0 Å². The molecule has 1 fully saturated rings. The zero-order valence-corrected chi connectivity index (χ0v) is 11.1. The summed E-state index contributed by atoms with van der Waals surface area (Å²) >= 11 is 0. The molecule has 1 saturated carbocycles. The molecule has 0 saturated heterocycles. The van der Waals surface area contributed by atoms with Gasteiger partial charge in [0.25, 0.3) is 0 Å². The third-order valence-electron chi connectivity index (χ3n) is 4.31. The van der Waals surface area contributed by atoms with Crippen LogP contribution < -0.4 is 0 Å². The van der Waals surface area contributed by atoms with Crippen LogP contribution in [-0.2, 0) is 0 Å². The van der Waals surface area contributed by atoms with Crippen molar-refractivity contribution in [3.8, 4) is 0 Å². The number of benzene rings is 1. The first-order valence-electron chi connectivity index (χ1n) is 7.11. The molecular weight excluding hydrogens is 224 g/mol. The van der Waals surface area contributed by atoms with Gasteiger partial charge < -0.3 is 10.2 Å². The van der Waals surface area contributed by atoms with E-state index in [2.05, 4.69) is 0 Å². The Morgan fingerprint density at radius 2 is 1.61 bits per heavy atom. The Bertz CT molecular complexity index is 343. The molecule has 0 radical (unpaired) electrons. The van der Waals surface area contributed by atoms with E-state index in [9.17, 15) is 10.2 Å². The third kappa shape index (κ3) is 3.12. The van der Waals surface area contributed by atoms with E-state index in [-0.39, 0.29) is 12.0 Å². The van der Waals surface area contributed by atoms with E-state index in [0.717, 1.165) is 18.4 Å². The summed E-state index contributed by atoms with van der Waals surface area (Å²) in [6, 6.07) is 9.65. The molecule has 2 N–H and O–H groups in total. The van der Waals surface area contributed by atoms with Gasteiger partial charge in [-0.1, -0.05) is 56.5 Å². The van der Waals surface area contributed by atoms with Gasteiger partial charge in [0.05, 0.1) is 12.2 Å². The fourth-order valence-corrected chi connectivity index (χ4v) is 3.05. The molecule has 0 bridgehead atoms. The van der Waals surface area contributed by atoms with Gasteiger partial charge in [0, 0.05) is 5.92 Å². The molecule has 1 aliphatic rings. The van der Waals surface area contributed by atoms with E-state index in [4.69, 9.17) is 0 Å². The number of aliphatic hydroxyl groups excluding tert-OH is 2. The van der Waals surface area contributed by atoms with Gasteiger partial charge in [-0.3, -0.25) is 0 Å². The number of hydrogen-bond donors (Lipinski definition) is 2. The average molecular weight is 248 g/mol. The molecule has 2 nitrogen and oxygen atoms in total. The normalized spacial score (nSPS) is 22.4. The van der Waals surface area contributed by atoms with Crippen molar-refractivity contribution in [2.45, 2.75) is 51.2 Å². The van der Waals surface area contributed by atoms with Gasteiger partial charge in [-0.05, 0) is 24.3 Å². The highest BCUT2D eigenvalue weighted by Gasteiger charge is 2.30. The zero-order chi connectivity index (χ0) is 13.0. The largest absolute Gasteiger partial charge is 0.392 e. The van der Waals surface area contributed by atoms with Crippen LogP contribution in [0.25, 0.3) is 0 Å². The lowest BCUT2D eigenvalue weighted by Gasteiger charge is -2.33. The second kappa shape index (κ2) is 6.35. The molecule has 100 valence electrons. The Labute approximate surface area is 110 Å². The van der Waals surface area contributed by atoms with Gasteiger partial charge >= 0.3 is 0 Å². The Balaban J connectivity index is 1.99. The first-order chi connectivity index (χ1) is 8.70. The molecule has 0 heterocycles. The van der Waals surface area contributed by atoms with Crippen molar-refractivity contribution in [3.05, 3.63) is 35.9 Å². The Kier molecular flexibility index (Phi) is 4.79. The molecule has 0 aromatic heterocycles. The van der Waals surface area contributed by atoms with Crippen molar-refractivity contribution in [3.63, 3.8) is 0 Å². The fourth-order valence-electron chi connectivity index (χ4n) is 3.05. The molecule has 1 aromatic rings. The molecule has 2 rings (SSSR count). The molecular formula is C16H24O2. The fraction of sp³-hybridized carbons (Fsp3) is 0.625. The maximum absolute atomic E-state index is 10.4. The van der Waals surface area contributed by atoms with E-state index in [0.29, 0.717) is 5.92 Å². The predicted molar refractivity (Wildman–Crippen MR) is 73.1 cm³/mol. The molecule has 1 unspecified atom stereocenters. The highest BCUT2D eigenvalue weighted by atomic mass is 16.3. The minimum Gasteiger partial charge on any atom is -0.392 e. The molecule has 1 aromatic carbocycles. The van der Waals surface area contributed by atoms with Crippen LogP contribution >= 0.6 is 0 Å². The van der Waals surface area contributed by atoms with Crippen LogP contribution in [0.3, 0.4) is 0 Å². The van der Waals surface area contributed by atoms with E-state index in [1.165, 1.54) is 19.3 Å². The highest BCUT2D eigenvalue weighted by molar-refractivity contribution is 5.18. The molecule has 18 heavy (non-hydrogen) atoms. The summed E-state index contributed by atoms with van der Waals surface area (Å²) in [7, 11) is 0. The predicted octanol–water partition coefficient (Wildman–Crippen LogP) is 3.30. The topological polar surface area (TPSA) is 40.5 Å². The van der Waals surface area contributed by atoms with Crippen LogP contribution in [-0.4, -0.2) is 16.3 Å². The average Bonchev–Trinajstić information content (AvgIpc) is 2.47. The summed E-state index contributed by atoms with van der Waals surface area (Å²) < 4.78 is 0. The van der Waals surface area contributed by atoms with E-state index >= 15 is 0 Å². The molecule has 3 atom stereocenters. The lowest BCUT2D eigenvalue weighted by atomic mass is 9.78. The summed E-state index contributed by atoms with van der Waals surface area (Å²) in [5, 5.41) is 20.7. The maximum Gasteiger partial charge on any atom is 0.0840 e. The van der Waals surface area contributed by atoms with Crippen molar-refractivity contribution >= 4 is 0 Å². The van der Waals surface area contributed by atoms with Crippen molar-refractivity contribution in [1.29, 1.82) is 0 Å². The van der Waals surface area contributed by atoms with Gasteiger partial charge in [0.1, 0.15) is 0 Å². The van der Waals surface area contributed by atoms with Crippen molar-refractivity contribution in [1.82, 2.24) is 0 Å². The molecule has 0 aliphatic heterocycles. The minimum atomic E-state index is -0.567. The first kappa shape index (κ1) is 13.6. The number of rotatable bonds is 4. The number of aliphatic hydroxyl groups is 2. The lowest BCUT2D eigenvalue weighted by molar-refractivity contribution is -0.0207. The second-order valence-corrected chi connectivity index (χ2v) is 5.60. The third-order valence-corrected chi connectivity index (χ3v) is 4.31. The Morgan fingerprint density at radius 3 is 2.22 bits per heavy atom. The standard InChI is InChI=1S/C16H24O2/c1-12(15(17)13-8-4-2-5-9-13)16(18)14-10-6-3-7-11-14/h2,4-5,8-9,12,14-18H,3,6-7,10-11H2,1H3/t12?,15-,16-/m1/s1. The summed E-state index contributed by atoms with van der Waals surface area (Å²) in [5.41, 5.74) is 0.903. The SMILES string of the molecule is CC([C@@H](O)C1CCCCC1)[C@@H](O)c1ccccc1. The number of hydrogen-bond acceptors (Lipinski definition) is 2. The summed E-state index contributed by atoms with van der Waals surface area (Å²) in [4.78, 5) is 0. The van der Waals surface area contributed by atoms with Gasteiger partial charge in [-0.2, -0.15) is 0 Å². The minimum absolute atomic E-state index is 0.101. The molecule has 2 heteroatoms. The summed E-state index contributed by atoms with van der Waals surface area (Å²) in [6.07, 6.45) is 4.98. The van der Waals surface area contributed by atoms with E-state index < -0.39 is 6.10 Å². The molecule has 0 amide bonds. The summed E-state index contributed by atoms with van der Waals surface area (Å²) in [5.74, 6) is 0.266. The van der Waals surface area contributed by atoms with Crippen molar-refractivity contribution < 1.29 is 10.2 Å². The van der Waals surface area contributed by atoms with Gasteiger partial charge in [-0.15, -0.1) is 0 Å². The molecule has 1 aliphatic carbocycles. The Morgan fingerprint density at radius 1 is 1.00 bits per heavy atom. The van der Waals surface area contributed by atoms with Crippen molar-refractivity contribution in [2.24, 2.45) is 11.8 Å². The summed E-state index contributed by atoms with van der Waals surface area (Å²) in [6.45, 7) is 1.96. The monoisotopic (exact) mass is 248 g/mol. The van der Waals surface area contributed by atoms with Crippen LogP contribution in [0.15, 0.2) is 30.3 Å². The highest BCUT2D eigenvalue weighted by Crippen LogP contribution is 2.34. The van der Waals surface area contributed by atoms with Crippen LogP contribution in [0.4, 0.5) is 0 Å². The molecule has 0 spiro atoms. The quantitative estimate of drug-likeness (QED) is 0.858. The van der Waals surface area contributed by atoms with Crippen LogP contribution in [0.5, 0.6) is 0 Å². The van der Waals surface area contributed by atoms with Crippen LogP contribution in [0, 0.1) is 11.8 Å². The van der Waals surface area contributed by atoms with Gasteiger partial charge in [-0.25, -0.2) is 0 Å².